The van der Waals surface area contributed by atoms with Crippen LogP contribution in [0, 0.1) is 0 Å². The van der Waals surface area contributed by atoms with Gasteiger partial charge in [-0.1, -0.05) is 129 Å². The van der Waals surface area contributed by atoms with Gasteiger partial charge in [-0.05, 0) is 80.6 Å². The van der Waals surface area contributed by atoms with Gasteiger partial charge < -0.3 is 0 Å². The average molecular weight is 614 g/mol. The molecular weight excluding hydrogens is 583 g/mol. The maximum absolute atomic E-state index is 5.47. The van der Waals surface area contributed by atoms with Crippen LogP contribution >= 0.6 is 0 Å². The fraction of sp³-hybridized carbons (Fsp3) is 0.0667. The van der Waals surface area contributed by atoms with E-state index in [1.54, 1.807) is 0 Å². The first-order chi connectivity index (χ1) is 23.5. The minimum absolute atomic E-state index is 0.115. The fourth-order valence-corrected chi connectivity index (χ4v) is 7.95. The maximum atomic E-state index is 5.47. The van der Waals surface area contributed by atoms with Gasteiger partial charge in [0.25, 0.3) is 0 Å². The van der Waals surface area contributed by atoms with Crippen LogP contribution in [0.2, 0.25) is 0 Å². The summed E-state index contributed by atoms with van der Waals surface area (Å²) < 4.78 is 2.35. The zero-order valence-corrected chi connectivity index (χ0v) is 26.8. The molecule has 1 aliphatic rings. The van der Waals surface area contributed by atoms with E-state index in [2.05, 4.69) is 170 Å². The summed E-state index contributed by atoms with van der Waals surface area (Å²) in [6.45, 7) is 4.64. The molecule has 3 heteroatoms. The van der Waals surface area contributed by atoms with Crippen LogP contribution in [0.15, 0.2) is 152 Å². The quantitative estimate of drug-likeness (QED) is 0.198. The number of aromatic nitrogens is 3. The van der Waals surface area contributed by atoms with E-state index in [4.69, 9.17) is 9.97 Å². The second-order valence-corrected chi connectivity index (χ2v) is 13.5. The Kier molecular flexibility index (Phi) is 5.63. The summed E-state index contributed by atoms with van der Waals surface area (Å²) in [6, 6.07) is 54.6. The molecule has 0 atom stereocenters. The Labute approximate surface area is 278 Å². The number of benzene rings is 7. The number of hydrogen-bond acceptors (Lipinski definition) is 2. The minimum atomic E-state index is -0.115. The highest BCUT2D eigenvalue weighted by Gasteiger charge is 2.35. The van der Waals surface area contributed by atoms with Crippen molar-refractivity contribution in [3.8, 4) is 39.5 Å². The molecule has 0 spiro atoms. The molecule has 0 bridgehead atoms. The highest BCUT2D eigenvalue weighted by molar-refractivity contribution is 6.14. The Morgan fingerprint density at radius 3 is 2.04 bits per heavy atom. The summed E-state index contributed by atoms with van der Waals surface area (Å²) >= 11 is 0. The lowest BCUT2D eigenvalue weighted by Gasteiger charge is -2.22. The van der Waals surface area contributed by atoms with Crippen molar-refractivity contribution in [2.45, 2.75) is 19.3 Å². The van der Waals surface area contributed by atoms with Crippen molar-refractivity contribution in [3.63, 3.8) is 0 Å². The molecule has 2 aromatic heterocycles. The van der Waals surface area contributed by atoms with Crippen LogP contribution in [0.25, 0.3) is 82.9 Å². The lowest BCUT2D eigenvalue weighted by Crippen LogP contribution is -2.15. The number of fused-ring (bicyclic) bond motifs is 8. The number of hydrogen-bond donors (Lipinski definition) is 0. The maximum Gasteiger partial charge on any atom is 0.162 e. The van der Waals surface area contributed by atoms with Gasteiger partial charge in [0.1, 0.15) is 5.82 Å². The molecule has 0 saturated carbocycles. The van der Waals surface area contributed by atoms with Gasteiger partial charge in [-0.15, -0.1) is 0 Å². The van der Waals surface area contributed by atoms with E-state index in [0.29, 0.717) is 0 Å². The summed E-state index contributed by atoms with van der Waals surface area (Å²) in [5.74, 6) is 1.61. The van der Waals surface area contributed by atoms with Crippen molar-refractivity contribution < 1.29 is 0 Å². The molecule has 226 valence electrons. The van der Waals surface area contributed by atoms with Crippen molar-refractivity contribution in [1.29, 1.82) is 0 Å². The van der Waals surface area contributed by atoms with Crippen molar-refractivity contribution >= 4 is 43.5 Å². The van der Waals surface area contributed by atoms with E-state index in [9.17, 15) is 0 Å². The van der Waals surface area contributed by atoms with Crippen LogP contribution in [0.3, 0.4) is 0 Å². The zero-order chi connectivity index (χ0) is 32.0. The third-order valence-corrected chi connectivity index (χ3v) is 10.4. The molecule has 0 N–H and O–H groups in total. The van der Waals surface area contributed by atoms with Crippen molar-refractivity contribution in [3.05, 3.63) is 163 Å². The first-order valence-corrected chi connectivity index (χ1v) is 16.6. The van der Waals surface area contributed by atoms with E-state index >= 15 is 0 Å². The predicted molar refractivity (Wildman–Crippen MR) is 200 cm³/mol. The first kappa shape index (κ1) is 27.1. The fourth-order valence-electron chi connectivity index (χ4n) is 7.95. The van der Waals surface area contributed by atoms with Gasteiger partial charge in [-0.25, -0.2) is 9.97 Å². The molecule has 7 aromatic carbocycles. The van der Waals surface area contributed by atoms with Gasteiger partial charge in [-0.3, -0.25) is 4.57 Å². The molecule has 0 unspecified atom stereocenters. The molecule has 2 heterocycles. The van der Waals surface area contributed by atoms with Crippen LogP contribution in [-0.4, -0.2) is 14.5 Å². The Balaban J connectivity index is 1.28. The highest BCUT2D eigenvalue weighted by atomic mass is 15.1. The number of para-hydroxylation sites is 1. The Bertz CT molecular complexity index is 2750. The normalized spacial score (nSPS) is 13.4. The van der Waals surface area contributed by atoms with E-state index < -0.39 is 0 Å². The van der Waals surface area contributed by atoms with Crippen LogP contribution in [0.1, 0.15) is 25.0 Å². The number of nitrogens with zero attached hydrogens (tertiary/aromatic N) is 3. The van der Waals surface area contributed by atoms with Gasteiger partial charge in [0.05, 0.1) is 16.6 Å². The third kappa shape index (κ3) is 3.88. The first-order valence-electron chi connectivity index (χ1n) is 16.6. The molecule has 9 aromatic rings. The van der Waals surface area contributed by atoms with Gasteiger partial charge in [0.15, 0.2) is 5.82 Å². The summed E-state index contributed by atoms with van der Waals surface area (Å²) in [5, 5.41) is 5.89. The van der Waals surface area contributed by atoms with Crippen molar-refractivity contribution in [1.82, 2.24) is 14.5 Å². The summed E-state index contributed by atoms with van der Waals surface area (Å²) in [7, 11) is 0. The van der Waals surface area contributed by atoms with Crippen LogP contribution in [0.4, 0.5) is 0 Å². The van der Waals surface area contributed by atoms with Crippen LogP contribution in [-0.2, 0) is 5.41 Å². The lowest BCUT2D eigenvalue weighted by atomic mass is 9.82. The van der Waals surface area contributed by atoms with E-state index in [-0.39, 0.29) is 5.41 Å². The van der Waals surface area contributed by atoms with Gasteiger partial charge in [-0.2, -0.15) is 0 Å². The molecule has 48 heavy (non-hydrogen) atoms. The predicted octanol–water partition coefficient (Wildman–Crippen LogP) is 11.5. The van der Waals surface area contributed by atoms with Gasteiger partial charge >= 0.3 is 0 Å². The topological polar surface area (TPSA) is 30.7 Å². The Morgan fingerprint density at radius 2 is 1.17 bits per heavy atom. The molecule has 0 aliphatic heterocycles. The van der Waals surface area contributed by atoms with E-state index in [1.807, 2.05) is 0 Å². The monoisotopic (exact) mass is 613 g/mol. The third-order valence-electron chi connectivity index (χ3n) is 10.4. The second-order valence-electron chi connectivity index (χ2n) is 13.5. The second kappa shape index (κ2) is 9.97. The average Bonchev–Trinajstić information content (AvgIpc) is 3.57. The van der Waals surface area contributed by atoms with Crippen LogP contribution in [0.5, 0.6) is 0 Å². The minimum Gasteiger partial charge on any atom is -0.293 e. The smallest absolute Gasteiger partial charge is 0.162 e. The highest BCUT2D eigenvalue weighted by Crippen LogP contribution is 2.49. The molecule has 10 rings (SSSR count). The Morgan fingerprint density at radius 1 is 0.458 bits per heavy atom. The van der Waals surface area contributed by atoms with Crippen molar-refractivity contribution in [2.75, 3.05) is 0 Å². The largest absolute Gasteiger partial charge is 0.293 e. The van der Waals surface area contributed by atoms with Gasteiger partial charge in [0, 0.05) is 27.1 Å². The molecule has 0 saturated heterocycles. The standard InChI is InChI=1S/C45H31N3/c1-45(2)38-18-10-8-16-33(38)34-22-21-32(25-39(34)45)43-46-40-26-31(28-12-4-3-5-13-28)20-23-36(40)44(47-43)48-41-19-11-9-17-35(41)37-24-29-14-6-7-15-30(29)27-42(37)48/h3-27H,1-2H3. The summed E-state index contributed by atoms with van der Waals surface area (Å²) in [6.07, 6.45) is 0. The molecule has 0 fully saturated rings. The molecule has 3 nitrogen and oxygen atoms in total. The molecular formula is C45H31N3. The van der Waals surface area contributed by atoms with Gasteiger partial charge in [0.2, 0.25) is 0 Å². The molecule has 0 radical (unpaired) electrons. The summed E-state index contributed by atoms with van der Waals surface area (Å²) in [4.78, 5) is 10.8. The number of rotatable bonds is 3. The SMILES string of the molecule is CC1(C)c2ccccc2-c2ccc(-c3nc(-n4c5ccccc5c5cc6ccccc6cc54)c4ccc(-c5ccccc5)cc4n3)cc21. The molecule has 1 aliphatic carbocycles. The van der Waals surface area contributed by atoms with E-state index in [1.165, 1.54) is 49.4 Å². The zero-order valence-electron chi connectivity index (χ0n) is 26.8. The lowest BCUT2D eigenvalue weighted by molar-refractivity contribution is 0.660. The molecule has 0 amide bonds. The van der Waals surface area contributed by atoms with Crippen LogP contribution < -0.4 is 0 Å². The summed E-state index contributed by atoms with van der Waals surface area (Å²) in [5.41, 5.74) is 11.7. The van der Waals surface area contributed by atoms with Crippen molar-refractivity contribution in [2.24, 2.45) is 0 Å². The Hall–Kier alpha value is -6.06. The van der Waals surface area contributed by atoms with E-state index in [0.717, 1.165) is 44.7 Å².